The Balaban J connectivity index is 2.37. The van der Waals surface area contributed by atoms with Gasteiger partial charge in [0.2, 0.25) is 0 Å². The predicted molar refractivity (Wildman–Crippen MR) is 60.1 cm³/mol. The average molecular weight is 206 g/mol. The van der Waals surface area contributed by atoms with E-state index in [1.807, 2.05) is 25.1 Å². The maximum atomic E-state index is 10.0. The Morgan fingerprint density at radius 1 is 1.47 bits per heavy atom. The van der Waals surface area contributed by atoms with Gasteiger partial charge in [-0.2, -0.15) is 0 Å². The molecule has 0 saturated heterocycles. The first-order valence-corrected chi connectivity index (χ1v) is 5.63. The largest absolute Gasteiger partial charge is 0.493 e. The zero-order valence-corrected chi connectivity index (χ0v) is 9.31. The van der Waals surface area contributed by atoms with Gasteiger partial charge >= 0.3 is 0 Å². The maximum absolute atomic E-state index is 10.0. The van der Waals surface area contributed by atoms with E-state index in [0.29, 0.717) is 12.5 Å². The first kappa shape index (κ1) is 10.5. The average Bonchev–Trinajstić information content (AvgIpc) is 2.28. The van der Waals surface area contributed by atoms with E-state index in [4.69, 9.17) is 4.74 Å². The van der Waals surface area contributed by atoms with Crippen LogP contribution >= 0.6 is 0 Å². The summed E-state index contributed by atoms with van der Waals surface area (Å²) >= 11 is 0. The summed E-state index contributed by atoms with van der Waals surface area (Å²) in [5, 5.41) is 10.0. The molecule has 0 fully saturated rings. The van der Waals surface area contributed by atoms with Gasteiger partial charge in [0.25, 0.3) is 0 Å². The number of rotatable bonds is 2. The van der Waals surface area contributed by atoms with Crippen molar-refractivity contribution in [2.24, 2.45) is 5.92 Å². The number of ether oxygens (including phenoxy) is 1. The van der Waals surface area contributed by atoms with Gasteiger partial charge < -0.3 is 9.84 Å². The van der Waals surface area contributed by atoms with Crippen molar-refractivity contribution in [2.75, 3.05) is 6.61 Å². The number of hydrogen-bond acceptors (Lipinski definition) is 2. The van der Waals surface area contributed by atoms with Gasteiger partial charge in [-0.05, 0) is 18.4 Å². The highest BCUT2D eigenvalue weighted by molar-refractivity contribution is 5.38. The quantitative estimate of drug-likeness (QED) is 0.805. The molecule has 2 heteroatoms. The lowest BCUT2D eigenvalue weighted by Gasteiger charge is -2.34. The number of aliphatic hydroxyl groups excluding tert-OH is 1. The molecule has 1 aliphatic heterocycles. The Hall–Kier alpha value is -1.02. The molecule has 1 N–H and O–H groups in total. The molecule has 0 bridgehead atoms. The molecule has 1 aromatic carbocycles. The molecule has 1 aromatic rings. The van der Waals surface area contributed by atoms with Gasteiger partial charge in [0.05, 0.1) is 12.7 Å². The molecule has 0 aromatic heterocycles. The van der Waals surface area contributed by atoms with Crippen LogP contribution in [0.3, 0.4) is 0 Å². The predicted octanol–water partition coefficient (Wildman–Crippen LogP) is 2.57. The summed E-state index contributed by atoms with van der Waals surface area (Å²) in [5.41, 5.74) is 1.16. The second kappa shape index (κ2) is 4.23. The van der Waals surface area contributed by atoms with Crippen LogP contribution in [-0.4, -0.2) is 17.8 Å². The normalized spacial score (nSPS) is 26.6. The van der Waals surface area contributed by atoms with Crippen molar-refractivity contribution >= 4 is 0 Å². The van der Waals surface area contributed by atoms with Crippen molar-refractivity contribution in [3.05, 3.63) is 29.8 Å². The third kappa shape index (κ3) is 1.86. The standard InChI is InChI=1S/C13H18O2/c1-3-11(14)13-9(2)8-15-12-7-5-4-6-10(12)13/h4-7,9,11,13-14H,3,8H2,1-2H3. The van der Waals surface area contributed by atoms with Gasteiger partial charge in [0, 0.05) is 11.5 Å². The number of aliphatic hydroxyl groups is 1. The van der Waals surface area contributed by atoms with E-state index in [-0.39, 0.29) is 12.0 Å². The van der Waals surface area contributed by atoms with Gasteiger partial charge in [-0.25, -0.2) is 0 Å². The molecule has 0 aliphatic carbocycles. The highest BCUT2D eigenvalue weighted by Gasteiger charge is 2.32. The van der Waals surface area contributed by atoms with Crippen molar-refractivity contribution in [1.82, 2.24) is 0 Å². The zero-order valence-electron chi connectivity index (χ0n) is 9.31. The SMILES string of the molecule is CCC(O)C1c2ccccc2OCC1C. The van der Waals surface area contributed by atoms with E-state index >= 15 is 0 Å². The van der Waals surface area contributed by atoms with Crippen molar-refractivity contribution in [3.63, 3.8) is 0 Å². The summed E-state index contributed by atoms with van der Waals surface area (Å²) in [5.74, 6) is 1.54. The van der Waals surface area contributed by atoms with Crippen molar-refractivity contribution < 1.29 is 9.84 Å². The Morgan fingerprint density at radius 2 is 2.20 bits per heavy atom. The van der Waals surface area contributed by atoms with Crippen LogP contribution in [0.4, 0.5) is 0 Å². The fourth-order valence-electron chi connectivity index (χ4n) is 2.36. The second-order valence-corrected chi connectivity index (χ2v) is 4.33. The molecule has 2 rings (SSSR count). The molecule has 82 valence electrons. The van der Waals surface area contributed by atoms with E-state index in [9.17, 15) is 5.11 Å². The van der Waals surface area contributed by atoms with Crippen LogP contribution in [0, 0.1) is 5.92 Å². The molecule has 3 atom stereocenters. The number of benzene rings is 1. The van der Waals surface area contributed by atoms with Crippen LogP contribution in [-0.2, 0) is 0 Å². The summed E-state index contributed by atoms with van der Waals surface area (Å²) in [6.45, 7) is 4.87. The molecular weight excluding hydrogens is 188 g/mol. The number of hydrogen-bond donors (Lipinski definition) is 1. The molecule has 2 nitrogen and oxygen atoms in total. The first-order valence-electron chi connectivity index (χ1n) is 5.63. The lowest BCUT2D eigenvalue weighted by atomic mass is 9.80. The van der Waals surface area contributed by atoms with E-state index in [1.165, 1.54) is 0 Å². The Kier molecular flexibility index (Phi) is 2.96. The van der Waals surface area contributed by atoms with Crippen LogP contribution < -0.4 is 4.74 Å². The highest BCUT2D eigenvalue weighted by atomic mass is 16.5. The fourth-order valence-corrected chi connectivity index (χ4v) is 2.36. The van der Waals surface area contributed by atoms with E-state index in [0.717, 1.165) is 17.7 Å². The minimum Gasteiger partial charge on any atom is -0.493 e. The molecule has 0 saturated carbocycles. The molecule has 0 radical (unpaired) electrons. The molecule has 0 amide bonds. The maximum Gasteiger partial charge on any atom is 0.122 e. The summed E-state index contributed by atoms with van der Waals surface area (Å²) in [4.78, 5) is 0. The first-order chi connectivity index (χ1) is 7.24. The topological polar surface area (TPSA) is 29.5 Å². The highest BCUT2D eigenvalue weighted by Crippen LogP contribution is 2.39. The van der Waals surface area contributed by atoms with Gasteiger partial charge in [0.1, 0.15) is 5.75 Å². The van der Waals surface area contributed by atoms with E-state index in [2.05, 4.69) is 13.0 Å². The van der Waals surface area contributed by atoms with Gasteiger partial charge in [-0.15, -0.1) is 0 Å². The van der Waals surface area contributed by atoms with Crippen LogP contribution in [0.1, 0.15) is 31.7 Å². The minimum atomic E-state index is -0.259. The van der Waals surface area contributed by atoms with Crippen LogP contribution in [0.15, 0.2) is 24.3 Å². The summed E-state index contributed by atoms with van der Waals surface area (Å²) in [7, 11) is 0. The van der Waals surface area contributed by atoms with Crippen molar-refractivity contribution in [3.8, 4) is 5.75 Å². The molecule has 0 spiro atoms. The van der Waals surface area contributed by atoms with Crippen LogP contribution in [0.5, 0.6) is 5.75 Å². The van der Waals surface area contributed by atoms with E-state index < -0.39 is 0 Å². The van der Waals surface area contributed by atoms with Gasteiger partial charge in [-0.3, -0.25) is 0 Å². The Bertz CT molecular complexity index is 335. The molecule has 3 unspecified atom stereocenters. The van der Waals surface area contributed by atoms with Crippen LogP contribution in [0.25, 0.3) is 0 Å². The lowest BCUT2D eigenvalue weighted by molar-refractivity contribution is 0.0814. The van der Waals surface area contributed by atoms with E-state index in [1.54, 1.807) is 0 Å². The smallest absolute Gasteiger partial charge is 0.122 e. The van der Waals surface area contributed by atoms with Gasteiger partial charge in [-0.1, -0.05) is 32.0 Å². The molecule has 1 aliphatic rings. The summed E-state index contributed by atoms with van der Waals surface area (Å²) < 4.78 is 5.65. The fraction of sp³-hybridized carbons (Fsp3) is 0.538. The third-order valence-corrected chi connectivity index (χ3v) is 3.23. The van der Waals surface area contributed by atoms with Crippen molar-refractivity contribution in [1.29, 1.82) is 0 Å². The summed E-state index contributed by atoms with van der Waals surface area (Å²) in [6.07, 6.45) is 0.536. The zero-order chi connectivity index (χ0) is 10.8. The van der Waals surface area contributed by atoms with Crippen LogP contribution in [0.2, 0.25) is 0 Å². The second-order valence-electron chi connectivity index (χ2n) is 4.33. The third-order valence-electron chi connectivity index (χ3n) is 3.23. The number of para-hydroxylation sites is 1. The van der Waals surface area contributed by atoms with Crippen molar-refractivity contribution in [2.45, 2.75) is 32.3 Å². The summed E-state index contributed by atoms with van der Waals surface area (Å²) in [6, 6.07) is 8.03. The monoisotopic (exact) mass is 206 g/mol. The Morgan fingerprint density at radius 3 is 2.93 bits per heavy atom. The van der Waals surface area contributed by atoms with Gasteiger partial charge in [0.15, 0.2) is 0 Å². The minimum absolute atomic E-state index is 0.222. The molecule has 15 heavy (non-hydrogen) atoms. The molecule has 1 heterocycles. The molecular formula is C13H18O2. The lowest BCUT2D eigenvalue weighted by Crippen LogP contribution is -2.31. The number of fused-ring (bicyclic) bond motifs is 1. The Labute approximate surface area is 90.9 Å².